The molecule has 314 valence electrons. The van der Waals surface area contributed by atoms with Gasteiger partial charge in [0.1, 0.15) is 0 Å². The Balaban J connectivity index is 0.980. The smallest absolute Gasteiger partial charge is 0.0468 e. The van der Waals surface area contributed by atoms with Gasteiger partial charge in [0.05, 0.1) is 0 Å². The van der Waals surface area contributed by atoms with Gasteiger partial charge in [-0.3, -0.25) is 0 Å². The monoisotopic (exact) mass is 851 g/mol. The largest absolute Gasteiger partial charge is 0.310 e. The first-order valence-electron chi connectivity index (χ1n) is 23.3. The Bertz CT molecular complexity index is 3850. The van der Waals surface area contributed by atoms with Crippen LogP contribution in [-0.2, 0) is 5.41 Å². The fourth-order valence-electron chi connectivity index (χ4n) is 11.3. The summed E-state index contributed by atoms with van der Waals surface area (Å²) in [6.07, 6.45) is 0. The number of hydrogen-bond donors (Lipinski definition) is 0. The lowest BCUT2D eigenvalue weighted by atomic mass is 9.74. The van der Waals surface area contributed by atoms with Gasteiger partial charge in [-0.1, -0.05) is 212 Å². The fraction of sp³-hybridized carbons (Fsp3) is 0.0303. The summed E-state index contributed by atoms with van der Waals surface area (Å²) < 4.78 is 0. The van der Waals surface area contributed by atoms with Crippen LogP contribution in [0.2, 0.25) is 0 Å². The molecule has 1 aliphatic rings. The molecule has 0 saturated heterocycles. The molecule has 13 rings (SSSR count). The van der Waals surface area contributed by atoms with Crippen molar-refractivity contribution in [3.05, 3.63) is 271 Å². The van der Waals surface area contributed by atoms with E-state index in [0.717, 1.165) is 17.1 Å². The molecular formula is C66H45N. The van der Waals surface area contributed by atoms with Crippen molar-refractivity contribution in [1.82, 2.24) is 0 Å². The van der Waals surface area contributed by atoms with Gasteiger partial charge in [0.2, 0.25) is 0 Å². The summed E-state index contributed by atoms with van der Waals surface area (Å²) in [5.41, 5.74) is 16.9. The second kappa shape index (κ2) is 15.6. The van der Waals surface area contributed by atoms with Gasteiger partial charge in [-0.05, 0) is 154 Å². The summed E-state index contributed by atoms with van der Waals surface area (Å²) in [7, 11) is 0. The van der Waals surface area contributed by atoms with Crippen LogP contribution in [0.1, 0.15) is 23.6 Å². The lowest BCUT2D eigenvalue weighted by molar-refractivity contribution is 0.714. The number of benzene rings is 12. The third-order valence-electron chi connectivity index (χ3n) is 14.5. The van der Waals surface area contributed by atoms with E-state index in [1.54, 1.807) is 0 Å². The number of anilines is 3. The zero-order valence-electron chi connectivity index (χ0n) is 37.2. The SMILES string of the molecule is CC1(c2ccccc2)c2ccccc2-c2cc(N(c3ccc(-c4ccc5c(c4)c(-c4ccccc4)c(-c4ccccc4)c4ccccc45)cc3)c3ccc4c(ccc5ccccc54)c3)ccc21. The zero-order chi connectivity index (χ0) is 44.5. The lowest BCUT2D eigenvalue weighted by Gasteiger charge is -2.30. The number of hydrogen-bond acceptors (Lipinski definition) is 1. The van der Waals surface area contributed by atoms with Crippen molar-refractivity contribution in [3.63, 3.8) is 0 Å². The van der Waals surface area contributed by atoms with Crippen molar-refractivity contribution in [2.75, 3.05) is 4.90 Å². The first kappa shape index (κ1) is 38.9. The van der Waals surface area contributed by atoms with Crippen LogP contribution in [0.4, 0.5) is 17.1 Å². The zero-order valence-corrected chi connectivity index (χ0v) is 37.2. The summed E-state index contributed by atoms with van der Waals surface area (Å²) in [4.78, 5) is 2.44. The number of rotatable bonds is 7. The quantitative estimate of drug-likeness (QED) is 0.144. The van der Waals surface area contributed by atoms with E-state index >= 15 is 0 Å². The highest BCUT2D eigenvalue weighted by molar-refractivity contribution is 6.22. The highest BCUT2D eigenvalue weighted by Gasteiger charge is 2.41. The molecule has 0 spiro atoms. The maximum absolute atomic E-state index is 2.44. The normalized spacial score (nSPS) is 14.1. The van der Waals surface area contributed by atoms with Crippen molar-refractivity contribution >= 4 is 60.2 Å². The molecule has 0 bridgehead atoms. The van der Waals surface area contributed by atoms with E-state index in [2.05, 4.69) is 267 Å². The molecule has 0 aliphatic heterocycles. The van der Waals surface area contributed by atoms with E-state index in [0.29, 0.717) is 0 Å². The molecule has 1 unspecified atom stereocenters. The molecule has 12 aromatic carbocycles. The molecule has 1 nitrogen and oxygen atoms in total. The van der Waals surface area contributed by atoms with Crippen molar-refractivity contribution in [1.29, 1.82) is 0 Å². The molecule has 67 heavy (non-hydrogen) atoms. The third-order valence-corrected chi connectivity index (χ3v) is 14.5. The molecule has 0 amide bonds. The Morgan fingerprint density at radius 3 is 1.55 bits per heavy atom. The summed E-state index contributed by atoms with van der Waals surface area (Å²) in [5, 5.41) is 10.0. The van der Waals surface area contributed by atoms with Gasteiger partial charge in [-0.25, -0.2) is 0 Å². The van der Waals surface area contributed by atoms with Crippen LogP contribution < -0.4 is 4.90 Å². The van der Waals surface area contributed by atoms with Crippen LogP contribution in [0.3, 0.4) is 0 Å². The predicted molar refractivity (Wildman–Crippen MR) is 285 cm³/mol. The van der Waals surface area contributed by atoms with E-state index < -0.39 is 0 Å². The second-order valence-corrected chi connectivity index (χ2v) is 18.1. The Labute approximate surface area is 391 Å². The van der Waals surface area contributed by atoms with E-state index in [1.165, 1.54) is 104 Å². The predicted octanol–water partition coefficient (Wildman–Crippen LogP) is 18.1. The first-order valence-corrected chi connectivity index (χ1v) is 23.3. The third kappa shape index (κ3) is 6.23. The summed E-state index contributed by atoms with van der Waals surface area (Å²) in [6, 6.07) is 94.1. The maximum atomic E-state index is 2.44. The summed E-state index contributed by atoms with van der Waals surface area (Å²) in [6.45, 7) is 2.39. The standard InChI is InChI=1S/C66H45N/c1-66(50-22-9-4-10-23-50)62-28-16-15-26-58(62)60-43-53(37-40-63(60)66)67(52-36-39-55-49(41-52)30-29-45-17-11-12-24-54(45)55)51-34-31-44(32-35-51)48-33-38-57-56-25-13-14-27-59(56)64(46-18-5-2-6-19-46)65(61(57)42-48)47-20-7-3-8-21-47/h2-43H,1H3. The van der Waals surface area contributed by atoms with Crippen LogP contribution in [-0.4, -0.2) is 0 Å². The van der Waals surface area contributed by atoms with Gasteiger partial charge in [0.25, 0.3) is 0 Å². The molecule has 0 saturated carbocycles. The van der Waals surface area contributed by atoms with Crippen LogP contribution in [0, 0.1) is 0 Å². The van der Waals surface area contributed by atoms with Gasteiger partial charge in [0, 0.05) is 22.5 Å². The molecule has 0 aromatic heterocycles. The van der Waals surface area contributed by atoms with Gasteiger partial charge in [-0.2, -0.15) is 0 Å². The van der Waals surface area contributed by atoms with E-state index in [-0.39, 0.29) is 5.41 Å². The average Bonchev–Trinajstić information content (AvgIpc) is 3.66. The van der Waals surface area contributed by atoms with Crippen molar-refractivity contribution in [3.8, 4) is 44.5 Å². The van der Waals surface area contributed by atoms with Crippen molar-refractivity contribution in [2.45, 2.75) is 12.3 Å². The average molecular weight is 852 g/mol. The second-order valence-electron chi connectivity index (χ2n) is 18.1. The van der Waals surface area contributed by atoms with Crippen molar-refractivity contribution < 1.29 is 0 Å². The number of nitrogens with zero attached hydrogens (tertiary/aromatic N) is 1. The minimum absolute atomic E-state index is 0.267. The summed E-state index contributed by atoms with van der Waals surface area (Å²) in [5.74, 6) is 0. The van der Waals surface area contributed by atoms with Crippen molar-refractivity contribution in [2.24, 2.45) is 0 Å². The fourth-order valence-corrected chi connectivity index (χ4v) is 11.3. The van der Waals surface area contributed by atoms with Gasteiger partial charge in [-0.15, -0.1) is 0 Å². The summed E-state index contributed by atoms with van der Waals surface area (Å²) >= 11 is 0. The minimum atomic E-state index is -0.267. The van der Waals surface area contributed by atoms with E-state index in [1.807, 2.05) is 0 Å². The highest BCUT2D eigenvalue weighted by Crippen LogP contribution is 2.54. The molecule has 0 radical (unpaired) electrons. The van der Waals surface area contributed by atoms with Crippen LogP contribution in [0.25, 0.3) is 87.6 Å². The van der Waals surface area contributed by atoms with E-state index in [4.69, 9.17) is 0 Å². The van der Waals surface area contributed by atoms with E-state index in [9.17, 15) is 0 Å². The molecule has 0 fully saturated rings. The van der Waals surface area contributed by atoms with Crippen LogP contribution >= 0.6 is 0 Å². The highest BCUT2D eigenvalue weighted by atomic mass is 15.1. The lowest BCUT2D eigenvalue weighted by Crippen LogP contribution is -2.22. The molecule has 0 N–H and O–H groups in total. The molecule has 12 aromatic rings. The number of fused-ring (bicyclic) bond motifs is 9. The molecular weight excluding hydrogens is 807 g/mol. The molecule has 1 heteroatoms. The maximum Gasteiger partial charge on any atom is 0.0468 e. The van der Waals surface area contributed by atoms with Crippen LogP contribution in [0.15, 0.2) is 255 Å². The molecule has 1 aliphatic carbocycles. The first-order chi connectivity index (χ1) is 33.1. The Hall–Kier alpha value is -8.52. The van der Waals surface area contributed by atoms with Crippen LogP contribution in [0.5, 0.6) is 0 Å². The van der Waals surface area contributed by atoms with Gasteiger partial charge in [0.15, 0.2) is 0 Å². The minimum Gasteiger partial charge on any atom is -0.310 e. The Morgan fingerprint density at radius 2 is 0.791 bits per heavy atom. The van der Waals surface area contributed by atoms with Gasteiger partial charge >= 0.3 is 0 Å². The molecule has 1 atom stereocenters. The topological polar surface area (TPSA) is 3.24 Å². The Morgan fingerprint density at radius 1 is 0.284 bits per heavy atom. The molecule has 0 heterocycles. The van der Waals surface area contributed by atoms with Gasteiger partial charge < -0.3 is 4.90 Å². The Kier molecular flexibility index (Phi) is 9.05.